The van der Waals surface area contributed by atoms with E-state index in [0.717, 1.165) is 33.2 Å². The summed E-state index contributed by atoms with van der Waals surface area (Å²) in [7, 11) is -3.87. The summed E-state index contributed by atoms with van der Waals surface area (Å²) in [5.74, 6) is -1.93. The predicted octanol–water partition coefficient (Wildman–Crippen LogP) is 2.69. The summed E-state index contributed by atoms with van der Waals surface area (Å²) in [6, 6.07) is 10.6. The van der Waals surface area contributed by atoms with Crippen molar-refractivity contribution in [2.45, 2.75) is 40.9 Å². The fraction of sp³-hybridized carbons (Fsp3) is 0.400. The topological polar surface area (TPSA) is 189 Å². The molecule has 0 radical (unpaired) electrons. The van der Waals surface area contributed by atoms with Crippen LogP contribution in [-0.2, 0) is 24.4 Å². The van der Waals surface area contributed by atoms with Gasteiger partial charge in [0.2, 0.25) is 27.7 Å². The lowest BCUT2D eigenvalue weighted by molar-refractivity contribution is -0.141. The first-order valence-electron chi connectivity index (χ1n) is 14.6. The molecule has 7 unspecified atom stereocenters. The normalized spacial score (nSPS) is 28.1. The number of aromatic nitrogens is 1. The molecule has 1 saturated heterocycles. The van der Waals surface area contributed by atoms with Crippen LogP contribution in [0.25, 0.3) is 0 Å². The molecule has 12 nitrogen and oxygen atoms in total. The third kappa shape index (κ3) is 4.96. The zero-order chi connectivity index (χ0) is 31.8. The Labute approximate surface area is 266 Å². The van der Waals surface area contributed by atoms with Gasteiger partial charge in [-0.15, -0.1) is 11.8 Å². The van der Waals surface area contributed by atoms with Crippen LogP contribution in [0.4, 0.5) is 5.69 Å². The van der Waals surface area contributed by atoms with Crippen molar-refractivity contribution in [2.75, 3.05) is 18.5 Å². The predicted molar refractivity (Wildman–Crippen MR) is 166 cm³/mol. The van der Waals surface area contributed by atoms with Gasteiger partial charge in [0.1, 0.15) is 0 Å². The van der Waals surface area contributed by atoms with Crippen molar-refractivity contribution in [3.63, 3.8) is 0 Å². The number of benzene rings is 2. The summed E-state index contributed by atoms with van der Waals surface area (Å²) in [4.78, 5) is 57.6. The number of aromatic hydroxyl groups is 1. The molecule has 3 fully saturated rings. The van der Waals surface area contributed by atoms with Gasteiger partial charge in [-0.25, -0.2) is 13.6 Å². The molecule has 4 aliphatic rings. The number of anilines is 1. The number of aromatic amines is 1. The number of carbonyl (C=O) groups excluding carboxylic acids is 3. The van der Waals surface area contributed by atoms with Gasteiger partial charge in [-0.2, -0.15) is 0 Å². The Morgan fingerprint density at radius 2 is 1.82 bits per heavy atom. The number of nitrogens with one attached hydrogen (secondary N) is 2. The Bertz CT molecular complexity index is 1890. The van der Waals surface area contributed by atoms with E-state index in [0.29, 0.717) is 18.0 Å². The second-order valence-corrected chi connectivity index (χ2v) is 15.6. The molecule has 2 aliphatic carbocycles. The van der Waals surface area contributed by atoms with E-state index in [9.17, 15) is 32.7 Å². The fourth-order valence-corrected chi connectivity index (χ4v) is 11.2. The highest BCUT2D eigenvalue weighted by molar-refractivity contribution is 8.00. The summed E-state index contributed by atoms with van der Waals surface area (Å²) >= 11 is 2.74. The number of rotatable bonds is 8. The van der Waals surface area contributed by atoms with Crippen molar-refractivity contribution in [3.05, 3.63) is 62.6 Å². The van der Waals surface area contributed by atoms with E-state index >= 15 is 0 Å². The number of carbonyl (C=O) groups is 3. The van der Waals surface area contributed by atoms with Gasteiger partial charge in [-0.05, 0) is 73.1 Å². The monoisotopic (exact) mass is 670 g/mol. The van der Waals surface area contributed by atoms with Crippen LogP contribution in [0.1, 0.15) is 36.1 Å². The van der Waals surface area contributed by atoms with Crippen LogP contribution in [0, 0.1) is 29.6 Å². The molecule has 7 rings (SSSR count). The van der Waals surface area contributed by atoms with E-state index in [2.05, 4.69) is 10.3 Å². The molecule has 3 heterocycles. The third-order valence-electron chi connectivity index (χ3n) is 9.49. The maximum atomic E-state index is 13.8. The first kappa shape index (κ1) is 30.0. The van der Waals surface area contributed by atoms with Gasteiger partial charge in [0, 0.05) is 34.7 Å². The van der Waals surface area contributed by atoms with Crippen LogP contribution in [0.3, 0.4) is 0 Å². The molecule has 0 spiro atoms. The van der Waals surface area contributed by atoms with Crippen molar-refractivity contribution in [3.8, 4) is 11.5 Å². The Kier molecular flexibility index (Phi) is 7.34. The number of phenols is 1. The Morgan fingerprint density at radius 3 is 2.51 bits per heavy atom. The highest BCUT2D eigenvalue weighted by atomic mass is 32.2. The number of likely N-dealkylation sites (tertiary alicyclic amines) is 1. The maximum Gasteiger partial charge on any atom is 0.305 e. The Morgan fingerprint density at radius 1 is 1.11 bits per heavy atom. The first-order chi connectivity index (χ1) is 21.5. The van der Waals surface area contributed by atoms with E-state index < -0.39 is 27.8 Å². The minimum absolute atomic E-state index is 0.00338. The van der Waals surface area contributed by atoms with Crippen molar-refractivity contribution < 1.29 is 32.6 Å². The van der Waals surface area contributed by atoms with Gasteiger partial charge >= 0.3 is 4.87 Å². The van der Waals surface area contributed by atoms with Crippen LogP contribution in [-0.4, -0.2) is 59.5 Å². The molecule has 236 valence electrons. The van der Waals surface area contributed by atoms with Gasteiger partial charge in [0.15, 0.2) is 11.5 Å². The minimum Gasteiger partial charge on any atom is -0.504 e. The first-order valence-corrected chi connectivity index (χ1v) is 17.8. The summed E-state index contributed by atoms with van der Waals surface area (Å²) in [5, 5.41) is 18.9. The number of primary sulfonamides is 1. The van der Waals surface area contributed by atoms with Crippen molar-refractivity contribution in [1.82, 2.24) is 9.88 Å². The van der Waals surface area contributed by atoms with E-state index in [4.69, 9.17) is 9.88 Å². The van der Waals surface area contributed by atoms with Crippen LogP contribution >= 0.6 is 23.1 Å². The van der Waals surface area contributed by atoms with Crippen LogP contribution in [0.15, 0.2) is 57.2 Å². The highest BCUT2D eigenvalue weighted by Crippen LogP contribution is 2.68. The molecule has 45 heavy (non-hydrogen) atoms. The second kappa shape index (κ2) is 11.0. The molecule has 7 atom stereocenters. The zero-order valence-corrected chi connectivity index (χ0v) is 26.4. The zero-order valence-electron chi connectivity index (χ0n) is 24.0. The summed E-state index contributed by atoms with van der Waals surface area (Å²) in [6.07, 6.45) is 0.615. The number of imide groups is 1. The molecular weight excluding hydrogens is 641 g/mol. The number of thiazole rings is 1. The molecule has 2 aromatic carbocycles. The number of fused-ring (bicyclic) bond motifs is 9. The van der Waals surface area contributed by atoms with E-state index in [-0.39, 0.29) is 69.2 Å². The minimum atomic E-state index is -3.87. The average Bonchev–Trinajstić information content (AvgIpc) is 3.72. The van der Waals surface area contributed by atoms with Gasteiger partial charge in [-0.3, -0.25) is 24.1 Å². The molecule has 5 N–H and O–H groups in total. The molecule has 15 heteroatoms. The standard InChI is InChI=1S/C30H30N4O8S3/c1-2-42-19-11-13(3-8-18(19)35)21-22-16-12-17(25(22)43-27-26(21)44-30(39)33-27)24-23(16)28(37)34(29(24)38)10-9-20(36)32-14-4-6-15(7-5-14)45(31,40)41/h3-8,11,16-17,21-25,35H,2,9-10,12H2,1H3,(H,32,36)(H,33,39)(H2,31,40,41). The maximum absolute atomic E-state index is 13.8. The highest BCUT2D eigenvalue weighted by Gasteiger charge is 2.69. The smallest absolute Gasteiger partial charge is 0.305 e. The summed E-state index contributed by atoms with van der Waals surface area (Å²) in [6.45, 7) is 2.14. The Balaban J connectivity index is 1.12. The number of nitrogens with two attached hydrogens (primary N) is 1. The lowest BCUT2D eigenvalue weighted by atomic mass is 9.68. The average molecular weight is 671 g/mol. The summed E-state index contributed by atoms with van der Waals surface area (Å²) < 4.78 is 28.6. The molecule has 3 amide bonds. The van der Waals surface area contributed by atoms with Gasteiger partial charge in [0.25, 0.3) is 0 Å². The fourth-order valence-electron chi connectivity index (χ4n) is 7.83. The molecule has 2 bridgehead atoms. The second-order valence-electron chi connectivity index (χ2n) is 11.8. The molecule has 2 aliphatic heterocycles. The number of ether oxygens (including phenoxy) is 1. The largest absolute Gasteiger partial charge is 0.504 e. The van der Waals surface area contributed by atoms with Crippen molar-refractivity contribution in [2.24, 2.45) is 34.7 Å². The third-order valence-corrected chi connectivity index (χ3v) is 13.0. The number of nitrogens with zero attached hydrogens (tertiary/aromatic N) is 1. The number of H-pyrrole nitrogens is 1. The van der Waals surface area contributed by atoms with Crippen molar-refractivity contribution in [1.29, 1.82) is 0 Å². The Hall–Kier alpha value is -3.66. The van der Waals surface area contributed by atoms with Gasteiger partial charge in [0.05, 0.1) is 28.4 Å². The van der Waals surface area contributed by atoms with Crippen LogP contribution in [0.5, 0.6) is 11.5 Å². The number of sulfonamides is 1. The van der Waals surface area contributed by atoms with E-state index in [1.807, 2.05) is 19.1 Å². The van der Waals surface area contributed by atoms with Crippen LogP contribution in [0.2, 0.25) is 0 Å². The summed E-state index contributed by atoms with van der Waals surface area (Å²) in [5.41, 5.74) is 1.25. The molecular formula is C30H30N4O8S3. The lowest BCUT2D eigenvalue weighted by Gasteiger charge is -2.43. The molecule has 3 aromatic rings. The van der Waals surface area contributed by atoms with Gasteiger partial charge in [-0.1, -0.05) is 17.4 Å². The number of thioether (sulfide) groups is 1. The number of hydrogen-bond donors (Lipinski definition) is 4. The molecule has 1 aromatic heterocycles. The lowest BCUT2D eigenvalue weighted by Crippen LogP contribution is -2.42. The number of phenolic OH excluding ortho intramolecular Hbond substituents is 1. The molecule has 2 saturated carbocycles. The van der Waals surface area contributed by atoms with Crippen molar-refractivity contribution >= 4 is 56.5 Å². The quantitative estimate of drug-likeness (QED) is 0.261. The SMILES string of the molecule is CCOc1cc(C2c3sc(=O)[nH]c3SC3C4CC(C5C(=O)N(CCC(=O)Nc6ccc(S(N)(=O)=O)cc6)C(=O)C45)C23)ccc1O. The van der Waals surface area contributed by atoms with E-state index in [1.54, 1.807) is 17.8 Å². The number of hydrogen-bond acceptors (Lipinski definition) is 10. The number of amides is 3. The van der Waals surface area contributed by atoms with Gasteiger partial charge < -0.3 is 20.1 Å². The van der Waals surface area contributed by atoms with Crippen LogP contribution < -0.4 is 20.1 Å². The van der Waals surface area contributed by atoms with E-state index in [1.165, 1.54) is 29.2 Å².